The average Bonchev–Trinajstić information content (AvgIpc) is 3.02. The van der Waals surface area contributed by atoms with Crippen molar-refractivity contribution in [3.05, 3.63) is 47.2 Å². The highest BCUT2D eigenvalue weighted by Gasteiger charge is 2.24. The molecule has 1 fully saturated rings. The van der Waals surface area contributed by atoms with Crippen LogP contribution < -0.4 is 9.64 Å². The van der Waals surface area contributed by atoms with E-state index in [-0.39, 0.29) is 5.91 Å². The van der Waals surface area contributed by atoms with Gasteiger partial charge in [-0.25, -0.2) is 0 Å². The van der Waals surface area contributed by atoms with E-state index < -0.39 is 0 Å². The van der Waals surface area contributed by atoms with Crippen molar-refractivity contribution in [2.24, 2.45) is 0 Å². The molecule has 1 aliphatic rings. The number of benzene rings is 1. The number of aromatic amines is 1. The first-order valence-corrected chi connectivity index (χ1v) is 8.17. The molecule has 0 unspecified atom stereocenters. The summed E-state index contributed by atoms with van der Waals surface area (Å²) in [6.07, 6.45) is 1.63. The quantitative estimate of drug-likeness (QED) is 0.935. The Kier molecular flexibility index (Phi) is 4.76. The van der Waals surface area contributed by atoms with E-state index in [1.54, 1.807) is 12.3 Å². The molecular weight excluding hydrogens is 314 g/mol. The summed E-state index contributed by atoms with van der Waals surface area (Å²) in [4.78, 5) is 19.4. The molecule has 6 heteroatoms. The van der Waals surface area contributed by atoms with Gasteiger partial charge in [-0.05, 0) is 25.1 Å². The number of halogens is 1. The van der Waals surface area contributed by atoms with Crippen LogP contribution in [0.4, 0.5) is 5.69 Å². The molecule has 2 heterocycles. The predicted molar refractivity (Wildman–Crippen MR) is 91.5 cm³/mol. The van der Waals surface area contributed by atoms with Crippen molar-refractivity contribution < 1.29 is 9.53 Å². The molecule has 1 aromatic carbocycles. The molecule has 2 aromatic rings. The summed E-state index contributed by atoms with van der Waals surface area (Å²) >= 11 is 5.87. The second-order valence-electron chi connectivity index (χ2n) is 5.41. The molecule has 23 heavy (non-hydrogen) atoms. The van der Waals surface area contributed by atoms with E-state index in [0.717, 1.165) is 24.5 Å². The molecule has 3 rings (SSSR count). The van der Waals surface area contributed by atoms with Crippen LogP contribution >= 0.6 is 11.6 Å². The number of nitrogens with one attached hydrogen (secondary N) is 1. The standard InChI is InChI=1S/C17H20ClN3O2/c1-2-23-16-6-4-3-5-15(16)20-7-9-21(10-8-20)17(22)14-11-13(18)12-19-14/h3-6,11-12,19H,2,7-10H2,1H3. The van der Waals surface area contributed by atoms with E-state index >= 15 is 0 Å². The van der Waals surface area contributed by atoms with Crippen molar-refractivity contribution in [3.63, 3.8) is 0 Å². The third kappa shape index (κ3) is 3.45. The minimum Gasteiger partial charge on any atom is -0.492 e. The van der Waals surface area contributed by atoms with Gasteiger partial charge in [0.25, 0.3) is 5.91 Å². The van der Waals surface area contributed by atoms with Crippen LogP contribution in [0.5, 0.6) is 5.75 Å². The Morgan fingerprint density at radius 1 is 1.26 bits per heavy atom. The Morgan fingerprint density at radius 3 is 2.65 bits per heavy atom. The van der Waals surface area contributed by atoms with Crippen LogP contribution in [-0.4, -0.2) is 48.6 Å². The topological polar surface area (TPSA) is 48.6 Å². The van der Waals surface area contributed by atoms with E-state index in [1.165, 1.54) is 0 Å². The largest absolute Gasteiger partial charge is 0.492 e. The summed E-state index contributed by atoms with van der Waals surface area (Å²) in [6.45, 7) is 5.54. The number of nitrogens with zero attached hydrogens (tertiary/aromatic N) is 2. The fourth-order valence-electron chi connectivity index (χ4n) is 2.81. The first-order valence-electron chi connectivity index (χ1n) is 7.79. The van der Waals surface area contributed by atoms with Crippen LogP contribution in [0.1, 0.15) is 17.4 Å². The molecule has 5 nitrogen and oxygen atoms in total. The smallest absolute Gasteiger partial charge is 0.270 e. The monoisotopic (exact) mass is 333 g/mol. The van der Waals surface area contributed by atoms with Gasteiger partial charge in [0.05, 0.1) is 17.3 Å². The summed E-state index contributed by atoms with van der Waals surface area (Å²) in [7, 11) is 0. The summed E-state index contributed by atoms with van der Waals surface area (Å²) < 4.78 is 5.69. The zero-order chi connectivity index (χ0) is 16.2. The fourth-order valence-corrected chi connectivity index (χ4v) is 2.97. The Balaban J connectivity index is 1.66. The Labute approximate surface area is 140 Å². The van der Waals surface area contributed by atoms with Crippen LogP contribution in [0.15, 0.2) is 36.5 Å². The van der Waals surface area contributed by atoms with Gasteiger partial charge in [-0.3, -0.25) is 4.79 Å². The molecule has 122 valence electrons. The molecule has 0 spiro atoms. The van der Waals surface area contributed by atoms with Crippen molar-refractivity contribution in [1.29, 1.82) is 0 Å². The lowest BCUT2D eigenvalue weighted by Gasteiger charge is -2.36. The van der Waals surface area contributed by atoms with Gasteiger partial charge in [0.1, 0.15) is 11.4 Å². The predicted octanol–water partition coefficient (Wildman–Crippen LogP) is 3.03. The van der Waals surface area contributed by atoms with Gasteiger partial charge in [-0.1, -0.05) is 23.7 Å². The van der Waals surface area contributed by atoms with Gasteiger partial charge in [-0.15, -0.1) is 0 Å². The number of carbonyl (C=O) groups excluding carboxylic acids is 1. The maximum Gasteiger partial charge on any atom is 0.270 e. The Hall–Kier alpha value is -2.14. The van der Waals surface area contributed by atoms with Gasteiger partial charge in [0, 0.05) is 32.4 Å². The molecule has 0 saturated carbocycles. The van der Waals surface area contributed by atoms with Crippen LogP contribution in [0, 0.1) is 0 Å². The number of H-pyrrole nitrogens is 1. The van der Waals surface area contributed by atoms with Crippen molar-refractivity contribution in [1.82, 2.24) is 9.88 Å². The number of piperazine rings is 1. The van der Waals surface area contributed by atoms with Crippen molar-refractivity contribution >= 4 is 23.2 Å². The highest BCUT2D eigenvalue weighted by Crippen LogP contribution is 2.29. The van der Waals surface area contributed by atoms with Gasteiger partial charge in [-0.2, -0.15) is 0 Å². The minimum absolute atomic E-state index is 0.00496. The summed E-state index contributed by atoms with van der Waals surface area (Å²) in [5.41, 5.74) is 1.63. The number of hydrogen-bond donors (Lipinski definition) is 1. The molecule has 0 atom stereocenters. The molecule has 0 bridgehead atoms. The normalized spacial score (nSPS) is 14.9. The van der Waals surface area contributed by atoms with E-state index in [2.05, 4.69) is 16.0 Å². The number of carbonyl (C=O) groups is 1. The van der Waals surface area contributed by atoms with E-state index in [0.29, 0.717) is 30.4 Å². The first kappa shape index (κ1) is 15.7. The molecule has 1 N–H and O–H groups in total. The van der Waals surface area contributed by atoms with Crippen molar-refractivity contribution in [2.75, 3.05) is 37.7 Å². The van der Waals surface area contributed by atoms with Crippen molar-refractivity contribution in [2.45, 2.75) is 6.92 Å². The maximum absolute atomic E-state index is 12.4. The summed E-state index contributed by atoms with van der Waals surface area (Å²) in [6, 6.07) is 9.70. The zero-order valence-electron chi connectivity index (χ0n) is 13.1. The molecular formula is C17H20ClN3O2. The molecule has 1 aliphatic heterocycles. The second-order valence-corrected chi connectivity index (χ2v) is 5.85. The molecule has 1 saturated heterocycles. The number of ether oxygens (including phenoxy) is 1. The minimum atomic E-state index is -0.00496. The number of amides is 1. The number of anilines is 1. The average molecular weight is 334 g/mol. The SMILES string of the molecule is CCOc1ccccc1N1CCN(C(=O)c2cc(Cl)c[nH]2)CC1. The number of hydrogen-bond acceptors (Lipinski definition) is 3. The van der Waals surface area contributed by atoms with Crippen LogP contribution in [0.25, 0.3) is 0 Å². The van der Waals surface area contributed by atoms with Gasteiger partial charge in [0.15, 0.2) is 0 Å². The molecule has 0 radical (unpaired) electrons. The zero-order valence-corrected chi connectivity index (χ0v) is 13.8. The number of aromatic nitrogens is 1. The van der Waals surface area contributed by atoms with Gasteiger partial charge >= 0.3 is 0 Å². The third-order valence-corrected chi connectivity index (χ3v) is 4.17. The lowest BCUT2D eigenvalue weighted by Crippen LogP contribution is -2.49. The second kappa shape index (κ2) is 6.96. The van der Waals surface area contributed by atoms with Crippen LogP contribution in [-0.2, 0) is 0 Å². The fraction of sp³-hybridized carbons (Fsp3) is 0.353. The number of rotatable bonds is 4. The molecule has 1 amide bonds. The Bertz CT molecular complexity index is 678. The highest BCUT2D eigenvalue weighted by molar-refractivity contribution is 6.30. The highest BCUT2D eigenvalue weighted by atomic mass is 35.5. The lowest BCUT2D eigenvalue weighted by atomic mass is 10.2. The first-order chi connectivity index (χ1) is 11.2. The van der Waals surface area contributed by atoms with E-state index in [1.807, 2.05) is 30.0 Å². The summed E-state index contributed by atoms with van der Waals surface area (Å²) in [5, 5.41) is 0.553. The van der Waals surface area contributed by atoms with E-state index in [4.69, 9.17) is 16.3 Å². The number of para-hydroxylation sites is 2. The molecule has 0 aliphatic carbocycles. The Morgan fingerprint density at radius 2 is 2.00 bits per heavy atom. The van der Waals surface area contributed by atoms with Gasteiger partial charge in [0.2, 0.25) is 0 Å². The van der Waals surface area contributed by atoms with Crippen molar-refractivity contribution in [3.8, 4) is 5.75 Å². The maximum atomic E-state index is 12.4. The summed E-state index contributed by atoms with van der Waals surface area (Å²) in [5.74, 6) is 0.889. The lowest BCUT2D eigenvalue weighted by molar-refractivity contribution is 0.0741. The van der Waals surface area contributed by atoms with Crippen LogP contribution in [0.2, 0.25) is 5.02 Å². The van der Waals surface area contributed by atoms with E-state index in [9.17, 15) is 4.79 Å². The molecule has 1 aromatic heterocycles. The van der Waals surface area contributed by atoms with Gasteiger partial charge < -0.3 is 19.5 Å². The van der Waals surface area contributed by atoms with Crippen LogP contribution in [0.3, 0.4) is 0 Å². The third-order valence-electron chi connectivity index (χ3n) is 3.95.